The molecular formula is C21H12Cl5N3O. The van der Waals surface area contributed by atoms with E-state index in [1.54, 1.807) is 36.4 Å². The van der Waals surface area contributed by atoms with E-state index in [-0.39, 0.29) is 21.0 Å². The molecule has 0 aliphatic heterocycles. The maximum atomic E-state index is 12.7. The van der Waals surface area contributed by atoms with E-state index in [0.717, 1.165) is 11.1 Å². The summed E-state index contributed by atoms with van der Waals surface area (Å²) in [6.07, 6.45) is 0.441. The third kappa shape index (κ3) is 4.39. The lowest BCUT2D eigenvalue weighted by molar-refractivity contribution is 0.102. The Kier molecular flexibility index (Phi) is 6.14. The molecule has 0 unspecified atom stereocenters. The van der Waals surface area contributed by atoms with Gasteiger partial charge in [-0.25, -0.2) is 4.98 Å². The van der Waals surface area contributed by atoms with Gasteiger partial charge in [0, 0.05) is 27.7 Å². The molecule has 0 aliphatic rings. The fraction of sp³-hybridized carbons (Fsp3) is 0.0476. The number of rotatable bonds is 4. The summed E-state index contributed by atoms with van der Waals surface area (Å²) in [6, 6.07) is 13.6. The third-order valence-electron chi connectivity index (χ3n) is 4.44. The summed E-state index contributed by atoms with van der Waals surface area (Å²) in [7, 11) is 0. The minimum Gasteiger partial charge on any atom is -0.342 e. The van der Waals surface area contributed by atoms with E-state index in [1.807, 2.05) is 0 Å². The average molecular weight is 500 g/mol. The molecule has 1 amide bonds. The maximum Gasteiger partial charge on any atom is 0.255 e. The lowest BCUT2D eigenvalue weighted by atomic mass is 10.1. The smallest absolute Gasteiger partial charge is 0.255 e. The molecule has 0 saturated carbocycles. The monoisotopic (exact) mass is 497 g/mol. The van der Waals surface area contributed by atoms with Crippen LogP contribution in [0.5, 0.6) is 0 Å². The molecule has 2 N–H and O–H groups in total. The summed E-state index contributed by atoms with van der Waals surface area (Å²) in [6.45, 7) is 0. The first-order valence-corrected chi connectivity index (χ1v) is 10.6. The molecule has 0 fully saturated rings. The van der Waals surface area contributed by atoms with Gasteiger partial charge in [0.25, 0.3) is 5.91 Å². The highest BCUT2D eigenvalue weighted by molar-refractivity contribution is 6.48. The number of carbonyl (C=O) groups excluding carboxylic acids is 1. The van der Waals surface area contributed by atoms with Gasteiger partial charge in [0.1, 0.15) is 5.82 Å². The molecule has 0 bridgehead atoms. The van der Waals surface area contributed by atoms with Crippen LogP contribution in [0, 0.1) is 0 Å². The minimum absolute atomic E-state index is 0.237. The second kappa shape index (κ2) is 8.66. The highest BCUT2D eigenvalue weighted by Crippen LogP contribution is 2.33. The number of nitrogens with one attached hydrogen (secondary N) is 2. The topological polar surface area (TPSA) is 57.8 Å². The zero-order valence-corrected chi connectivity index (χ0v) is 18.9. The number of H-pyrrole nitrogens is 1. The predicted octanol–water partition coefficient (Wildman–Crippen LogP) is 7.67. The summed E-state index contributed by atoms with van der Waals surface area (Å²) in [5, 5.41) is 4.65. The van der Waals surface area contributed by atoms with Crippen LogP contribution in [0.4, 0.5) is 5.69 Å². The van der Waals surface area contributed by atoms with Crippen LogP contribution in [0.2, 0.25) is 25.1 Å². The van der Waals surface area contributed by atoms with Crippen molar-refractivity contribution in [3.63, 3.8) is 0 Å². The first kappa shape index (κ1) is 21.3. The second-order valence-electron chi connectivity index (χ2n) is 6.50. The van der Waals surface area contributed by atoms with E-state index in [4.69, 9.17) is 58.0 Å². The van der Waals surface area contributed by atoms with Crippen LogP contribution in [0.1, 0.15) is 21.7 Å². The highest BCUT2D eigenvalue weighted by atomic mass is 35.5. The predicted molar refractivity (Wildman–Crippen MR) is 125 cm³/mol. The van der Waals surface area contributed by atoms with Gasteiger partial charge in [-0.05, 0) is 48.0 Å². The number of amides is 1. The van der Waals surface area contributed by atoms with Crippen LogP contribution >= 0.6 is 58.0 Å². The van der Waals surface area contributed by atoms with Gasteiger partial charge in [0.2, 0.25) is 0 Å². The van der Waals surface area contributed by atoms with E-state index >= 15 is 0 Å². The standard InChI is InChI=1S/C21H12Cl5N3O/c22-13-2-1-3-14(23)12(13)9-19-28-17-5-4-10(6-18(17)29-19)21(30)27-11-7-15(24)20(26)16(25)8-11/h1-8H,9H2,(H,27,30)(H,28,29). The molecule has 0 aliphatic carbocycles. The van der Waals surface area contributed by atoms with E-state index in [9.17, 15) is 4.79 Å². The van der Waals surface area contributed by atoms with Crippen molar-refractivity contribution in [1.82, 2.24) is 9.97 Å². The summed E-state index contributed by atoms with van der Waals surface area (Å²) < 4.78 is 0. The van der Waals surface area contributed by atoms with Gasteiger partial charge < -0.3 is 10.3 Å². The number of aromatic amines is 1. The second-order valence-corrected chi connectivity index (χ2v) is 8.51. The summed E-state index contributed by atoms with van der Waals surface area (Å²) >= 11 is 30.5. The fourth-order valence-electron chi connectivity index (χ4n) is 2.99. The molecule has 0 atom stereocenters. The van der Waals surface area contributed by atoms with Crippen LogP contribution in [0.3, 0.4) is 0 Å². The molecule has 152 valence electrons. The fourth-order valence-corrected chi connectivity index (χ4v) is 4.11. The van der Waals surface area contributed by atoms with Crippen molar-refractivity contribution in [1.29, 1.82) is 0 Å². The molecule has 4 nitrogen and oxygen atoms in total. The van der Waals surface area contributed by atoms with Gasteiger partial charge in [-0.1, -0.05) is 64.1 Å². The molecule has 4 rings (SSSR count). The van der Waals surface area contributed by atoms with E-state index in [0.29, 0.717) is 39.1 Å². The molecule has 1 heterocycles. The Morgan fingerprint density at radius 3 is 2.23 bits per heavy atom. The normalized spacial score (nSPS) is 11.1. The van der Waals surface area contributed by atoms with Gasteiger partial charge in [0.05, 0.1) is 26.1 Å². The Hall–Kier alpha value is -1.95. The maximum absolute atomic E-state index is 12.7. The number of aromatic nitrogens is 2. The summed E-state index contributed by atoms with van der Waals surface area (Å²) in [5.74, 6) is 0.366. The number of hydrogen-bond donors (Lipinski definition) is 2. The number of hydrogen-bond acceptors (Lipinski definition) is 2. The molecule has 1 aromatic heterocycles. The van der Waals surface area contributed by atoms with Gasteiger partial charge in [-0.15, -0.1) is 0 Å². The Labute approximate surface area is 197 Å². The van der Waals surface area contributed by atoms with Crippen molar-refractivity contribution in [3.05, 3.63) is 90.6 Å². The van der Waals surface area contributed by atoms with Crippen molar-refractivity contribution in [2.75, 3.05) is 5.32 Å². The number of fused-ring (bicyclic) bond motifs is 1. The van der Waals surface area contributed by atoms with Crippen LogP contribution < -0.4 is 5.32 Å². The number of halogens is 5. The SMILES string of the molecule is O=C(Nc1cc(Cl)c(Cl)c(Cl)c1)c1ccc2nc(Cc3c(Cl)cccc3Cl)[nH]c2c1. The first-order chi connectivity index (χ1) is 14.3. The van der Waals surface area contributed by atoms with Gasteiger partial charge in [-0.3, -0.25) is 4.79 Å². The third-order valence-corrected chi connectivity index (χ3v) is 6.35. The average Bonchev–Trinajstić information content (AvgIpc) is 3.10. The van der Waals surface area contributed by atoms with Gasteiger partial charge >= 0.3 is 0 Å². The van der Waals surface area contributed by atoms with Crippen LogP contribution in [-0.2, 0) is 6.42 Å². The van der Waals surface area contributed by atoms with E-state index < -0.39 is 0 Å². The zero-order chi connectivity index (χ0) is 21.4. The summed E-state index contributed by atoms with van der Waals surface area (Å²) in [5.41, 5.74) is 3.11. The highest BCUT2D eigenvalue weighted by Gasteiger charge is 2.13. The summed E-state index contributed by atoms with van der Waals surface area (Å²) in [4.78, 5) is 20.4. The molecular weight excluding hydrogens is 488 g/mol. The molecule has 0 saturated heterocycles. The van der Waals surface area contributed by atoms with Crippen LogP contribution in [0.15, 0.2) is 48.5 Å². The minimum atomic E-state index is -0.323. The number of carbonyl (C=O) groups is 1. The van der Waals surface area contributed by atoms with Crippen molar-refractivity contribution in [2.24, 2.45) is 0 Å². The quantitative estimate of drug-likeness (QED) is 0.283. The Morgan fingerprint density at radius 2 is 1.57 bits per heavy atom. The number of anilines is 1. The Bertz CT molecular complexity index is 1240. The first-order valence-electron chi connectivity index (χ1n) is 8.69. The molecule has 0 spiro atoms. The van der Waals surface area contributed by atoms with Crippen molar-refractivity contribution in [2.45, 2.75) is 6.42 Å². The zero-order valence-electron chi connectivity index (χ0n) is 15.1. The number of imidazole rings is 1. The van der Waals surface area contributed by atoms with Crippen LogP contribution in [0.25, 0.3) is 11.0 Å². The van der Waals surface area contributed by atoms with Crippen molar-refractivity contribution in [3.8, 4) is 0 Å². The molecule has 9 heteroatoms. The molecule has 0 radical (unpaired) electrons. The number of nitrogens with zero attached hydrogens (tertiary/aromatic N) is 1. The molecule has 4 aromatic rings. The lowest BCUT2D eigenvalue weighted by Crippen LogP contribution is -2.11. The van der Waals surface area contributed by atoms with E-state index in [2.05, 4.69) is 15.3 Å². The van der Waals surface area contributed by atoms with Crippen molar-refractivity contribution < 1.29 is 4.79 Å². The molecule has 3 aromatic carbocycles. The molecule has 30 heavy (non-hydrogen) atoms. The van der Waals surface area contributed by atoms with Crippen LogP contribution in [-0.4, -0.2) is 15.9 Å². The van der Waals surface area contributed by atoms with E-state index in [1.165, 1.54) is 12.1 Å². The van der Waals surface area contributed by atoms with Gasteiger partial charge in [-0.2, -0.15) is 0 Å². The lowest BCUT2D eigenvalue weighted by Gasteiger charge is -2.08. The Balaban J connectivity index is 1.58. The number of benzene rings is 3. The largest absolute Gasteiger partial charge is 0.342 e. The Morgan fingerprint density at radius 1 is 0.900 bits per heavy atom. The van der Waals surface area contributed by atoms with Gasteiger partial charge in [0.15, 0.2) is 0 Å². The van der Waals surface area contributed by atoms with Crippen molar-refractivity contribution >= 4 is 80.6 Å².